The van der Waals surface area contributed by atoms with Crippen molar-refractivity contribution >= 4 is 40.0 Å². The molecule has 1 amide bonds. The third kappa shape index (κ3) is 5.32. The number of amides is 1. The van der Waals surface area contributed by atoms with Gasteiger partial charge in [-0.05, 0) is 68.2 Å². The molecule has 8 heteroatoms. The first-order valence-corrected chi connectivity index (χ1v) is 13.7. The van der Waals surface area contributed by atoms with Crippen LogP contribution in [0.1, 0.15) is 67.5 Å². The first kappa shape index (κ1) is 25.9. The smallest absolute Gasteiger partial charge is 0.341 e. The number of hydrogen-bond acceptors (Lipinski definition) is 7. The monoisotopic (exact) mass is 519 g/mol. The van der Waals surface area contributed by atoms with Crippen LogP contribution in [0.2, 0.25) is 0 Å². The standard InChI is InChI=1S/C28H29N3O3S2/c1-16-17(2)22(15-29)26(30-18(16)3)35-13-12-24(32)31-27-25(28(33)34-4)21-11-10-20(14-23(21)36-27)19-8-6-5-7-9-19/h5-9,20H,10-14H2,1-4H3,(H,31,32). The molecule has 1 atom stereocenters. The first-order valence-electron chi connectivity index (χ1n) is 11.9. The van der Waals surface area contributed by atoms with E-state index in [1.54, 1.807) is 0 Å². The lowest BCUT2D eigenvalue weighted by molar-refractivity contribution is -0.115. The fourth-order valence-electron chi connectivity index (χ4n) is 4.58. The lowest BCUT2D eigenvalue weighted by atomic mass is 9.83. The van der Waals surface area contributed by atoms with Crippen LogP contribution in [-0.2, 0) is 22.4 Å². The highest BCUT2D eigenvalue weighted by Crippen LogP contribution is 2.43. The third-order valence-electron chi connectivity index (χ3n) is 6.82. The van der Waals surface area contributed by atoms with Crippen LogP contribution >= 0.6 is 23.1 Å². The van der Waals surface area contributed by atoms with Crippen molar-refractivity contribution in [2.45, 2.75) is 57.4 Å². The second-order valence-electron chi connectivity index (χ2n) is 8.94. The average Bonchev–Trinajstić information content (AvgIpc) is 3.24. The van der Waals surface area contributed by atoms with Gasteiger partial charge in [-0.25, -0.2) is 9.78 Å². The molecule has 4 rings (SSSR count). The van der Waals surface area contributed by atoms with Crippen LogP contribution in [0.5, 0.6) is 0 Å². The summed E-state index contributed by atoms with van der Waals surface area (Å²) in [6.07, 6.45) is 2.80. The number of ether oxygens (including phenoxy) is 1. The van der Waals surface area contributed by atoms with E-state index in [0.717, 1.165) is 46.5 Å². The number of thiophene rings is 1. The molecule has 1 unspecified atom stereocenters. The molecule has 0 radical (unpaired) electrons. The zero-order valence-electron chi connectivity index (χ0n) is 20.9. The SMILES string of the molecule is COC(=O)c1c(NC(=O)CCSc2nc(C)c(C)c(C)c2C#N)sc2c1CCC(c1ccccc1)C2. The molecule has 0 bridgehead atoms. The molecular formula is C28H29N3O3S2. The Morgan fingerprint density at radius 3 is 2.67 bits per heavy atom. The minimum atomic E-state index is -0.413. The van der Waals surface area contributed by atoms with E-state index in [1.807, 2.05) is 26.8 Å². The van der Waals surface area contributed by atoms with E-state index in [9.17, 15) is 14.9 Å². The zero-order valence-corrected chi connectivity index (χ0v) is 22.6. The Kier molecular flexibility index (Phi) is 8.12. The number of thioether (sulfide) groups is 1. The van der Waals surface area contributed by atoms with Crippen molar-refractivity contribution < 1.29 is 14.3 Å². The molecule has 0 aliphatic heterocycles. The predicted octanol–water partition coefficient (Wildman–Crippen LogP) is 6.12. The van der Waals surface area contributed by atoms with Crippen molar-refractivity contribution in [3.05, 3.63) is 74.3 Å². The molecule has 3 aromatic rings. The van der Waals surface area contributed by atoms with Gasteiger partial charge in [0, 0.05) is 22.7 Å². The lowest BCUT2D eigenvalue weighted by Gasteiger charge is -2.22. The Bertz CT molecular complexity index is 1340. The number of aryl methyl sites for hydroxylation is 1. The van der Waals surface area contributed by atoms with Gasteiger partial charge in [-0.15, -0.1) is 23.1 Å². The molecular weight excluding hydrogens is 490 g/mol. The number of hydrogen-bond donors (Lipinski definition) is 1. The van der Waals surface area contributed by atoms with Crippen molar-refractivity contribution in [3.8, 4) is 6.07 Å². The molecule has 2 heterocycles. The number of anilines is 1. The first-order chi connectivity index (χ1) is 17.3. The van der Waals surface area contributed by atoms with E-state index in [0.29, 0.717) is 32.8 Å². The largest absolute Gasteiger partial charge is 0.465 e. The van der Waals surface area contributed by atoms with Gasteiger partial charge in [0.05, 0.1) is 18.2 Å². The average molecular weight is 520 g/mol. The molecule has 1 N–H and O–H groups in total. The van der Waals surface area contributed by atoms with Crippen molar-refractivity contribution in [1.82, 2.24) is 4.98 Å². The van der Waals surface area contributed by atoms with E-state index in [4.69, 9.17) is 4.74 Å². The minimum Gasteiger partial charge on any atom is -0.465 e. The van der Waals surface area contributed by atoms with E-state index in [1.165, 1.54) is 35.8 Å². The summed E-state index contributed by atoms with van der Waals surface area (Å²) in [4.78, 5) is 31.2. The van der Waals surface area contributed by atoms with Gasteiger partial charge in [0.1, 0.15) is 16.1 Å². The summed E-state index contributed by atoms with van der Waals surface area (Å²) in [6.45, 7) is 5.81. The van der Waals surface area contributed by atoms with Crippen molar-refractivity contribution in [2.75, 3.05) is 18.2 Å². The Balaban J connectivity index is 1.47. The summed E-state index contributed by atoms with van der Waals surface area (Å²) in [5.41, 5.74) is 6.18. The molecule has 0 spiro atoms. The molecule has 0 saturated heterocycles. The fraction of sp³-hybridized carbons (Fsp3) is 0.357. The van der Waals surface area contributed by atoms with Crippen LogP contribution in [0.25, 0.3) is 0 Å². The number of esters is 1. The molecule has 1 aromatic carbocycles. The quantitative estimate of drug-likeness (QED) is 0.299. The lowest BCUT2D eigenvalue weighted by Crippen LogP contribution is -2.16. The summed E-state index contributed by atoms with van der Waals surface area (Å²) < 4.78 is 5.06. The number of pyridine rings is 1. The Morgan fingerprint density at radius 2 is 1.97 bits per heavy atom. The van der Waals surface area contributed by atoms with E-state index < -0.39 is 5.97 Å². The van der Waals surface area contributed by atoms with Crippen LogP contribution < -0.4 is 5.32 Å². The number of nitriles is 1. The molecule has 0 saturated carbocycles. The van der Waals surface area contributed by atoms with Crippen LogP contribution in [0.4, 0.5) is 5.00 Å². The van der Waals surface area contributed by atoms with Crippen LogP contribution in [-0.4, -0.2) is 29.7 Å². The second kappa shape index (κ2) is 11.3. The highest BCUT2D eigenvalue weighted by Gasteiger charge is 2.30. The topological polar surface area (TPSA) is 92.1 Å². The summed E-state index contributed by atoms with van der Waals surface area (Å²) in [5.74, 6) is 0.282. The van der Waals surface area contributed by atoms with Gasteiger partial charge >= 0.3 is 5.97 Å². The van der Waals surface area contributed by atoms with Crippen LogP contribution in [0.15, 0.2) is 35.4 Å². The van der Waals surface area contributed by atoms with Gasteiger partial charge < -0.3 is 10.1 Å². The normalized spacial score (nSPS) is 14.6. The number of fused-ring (bicyclic) bond motifs is 1. The molecule has 1 aliphatic rings. The van der Waals surface area contributed by atoms with Gasteiger partial charge in [0.2, 0.25) is 5.91 Å². The van der Waals surface area contributed by atoms with E-state index in [-0.39, 0.29) is 12.3 Å². The van der Waals surface area contributed by atoms with Crippen molar-refractivity contribution in [3.63, 3.8) is 0 Å². The van der Waals surface area contributed by atoms with Gasteiger partial charge in [-0.1, -0.05) is 30.3 Å². The van der Waals surface area contributed by atoms with Crippen LogP contribution in [0, 0.1) is 32.1 Å². The number of nitrogens with one attached hydrogen (secondary N) is 1. The Morgan fingerprint density at radius 1 is 1.22 bits per heavy atom. The predicted molar refractivity (Wildman–Crippen MR) is 144 cm³/mol. The minimum absolute atomic E-state index is 0.176. The summed E-state index contributed by atoms with van der Waals surface area (Å²) in [5, 5.41) is 13.8. The number of aromatic nitrogens is 1. The number of rotatable bonds is 7. The van der Waals surface area contributed by atoms with Crippen molar-refractivity contribution in [1.29, 1.82) is 5.26 Å². The molecule has 186 valence electrons. The maximum absolute atomic E-state index is 12.9. The van der Waals surface area contributed by atoms with Gasteiger partial charge in [0.15, 0.2) is 0 Å². The van der Waals surface area contributed by atoms with Gasteiger partial charge in [0.25, 0.3) is 0 Å². The maximum Gasteiger partial charge on any atom is 0.341 e. The summed E-state index contributed by atoms with van der Waals surface area (Å²) >= 11 is 2.88. The molecule has 36 heavy (non-hydrogen) atoms. The summed E-state index contributed by atoms with van der Waals surface area (Å²) in [6, 6.07) is 12.7. The molecule has 2 aromatic heterocycles. The van der Waals surface area contributed by atoms with E-state index in [2.05, 4.69) is 40.6 Å². The summed E-state index contributed by atoms with van der Waals surface area (Å²) in [7, 11) is 1.37. The van der Waals surface area contributed by atoms with Gasteiger partial charge in [-0.3, -0.25) is 4.79 Å². The zero-order chi connectivity index (χ0) is 25.8. The van der Waals surface area contributed by atoms with Crippen molar-refractivity contribution in [2.24, 2.45) is 0 Å². The van der Waals surface area contributed by atoms with Crippen LogP contribution in [0.3, 0.4) is 0 Å². The van der Waals surface area contributed by atoms with E-state index >= 15 is 0 Å². The number of carbonyl (C=O) groups is 2. The second-order valence-corrected chi connectivity index (χ2v) is 11.1. The number of carbonyl (C=O) groups excluding carboxylic acids is 2. The Labute approximate surface area is 220 Å². The number of benzene rings is 1. The molecule has 6 nitrogen and oxygen atoms in total. The number of nitrogens with zero attached hydrogens (tertiary/aromatic N) is 2. The molecule has 0 fully saturated rings. The fourth-order valence-corrected chi connectivity index (χ4v) is 6.94. The highest BCUT2D eigenvalue weighted by molar-refractivity contribution is 7.99. The third-order valence-corrected chi connectivity index (χ3v) is 8.97. The Hall–Kier alpha value is -3.15. The molecule has 1 aliphatic carbocycles. The van der Waals surface area contributed by atoms with Gasteiger partial charge in [-0.2, -0.15) is 5.26 Å². The maximum atomic E-state index is 12.9. The number of methoxy groups -OCH3 is 1. The highest BCUT2D eigenvalue weighted by atomic mass is 32.2.